The number of hydrogen-bond acceptors (Lipinski definition) is 7. The third-order valence-corrected chi connectivity index (χ3v) is 4.24. The van der Waals surface area contributed by atoms with E-state index in [-0.39, 0.29) is 12.3 Å². The molecule has 9 heteroatoms. The molecule has 1 amide bonds. The minimum atomic E-state index is -0.726. The Labute approximate surface area is 162 Å². The number of non-ortho nitro benzene ring substituents is 1. The molecule has 0 aliphatic carbocycles. The van der Waals surface area contributed by atoms with Gasteiger partial charge >= 0.3 is 11.9 Å². The Morgan fingerprint density at radius 1 is 1.21 bits per heavy atom. The minimum absolute atomic E-state index is 0.0528. The number of hydrogen-bond donors (Lipinski definition) is 0. The molecule has 1 aromatic carbocycles. The highest BCUT2D eigenvalue weighted by Crippen LogP contribution is 2.18. The van der Waals surface area contributed by atoms with Crippen LogP contribution in [0, 0.1) is 10.1 Å². The van der Waals surface area contributed by atoms with Crippen molar-refractivity contribution in [2.24, 2.45) is 0 Å². The molecule has 1 aliphatic heterocycles. The number of nitro benzene ring substituents is 1. The van der Waals surface area contributed by atoms with Gasteiger partial charge in [0.2, 0.25) is 0 Å². The molecule has 9 nitrogen and oxygen atoms in total. The number of carbonyl (C=O) groups excluding carboxylic acids is 3. The molecule has 0 saturated carbocycles. The Hall–Kier alpha value is -3.23. The first-order valence-corrected chi connectivity index (χ1v) is 8.97. The average molecular weight is 390 g/mol. The Bertz CT molecular complexity index is 758. The van der Waals surface area contributed by atoms with Gasteiger partial charge in [-0.3, -0.25) is 14.9 Å². The Morgan fingerprint density at radius 3 is 2.57 bits per heavy atom. The van der Waals surface area contributed by atoms with Crippen molar-refractivity contribution in [1.29, 1.82) is 0 Å². The summed E-state index contributed by atoms with van der Waals surface area (Å²) in [4.78, 5) is 47.7. The van der Waals surface area contributed by atoms with E-state index in [1.165, 1.54) is 35.2 Å². The van der Waals surface area contributed by atoms with E-state index in [2.05, 4.69) is 0 Å². The maximum absolute atomic E-state index is 12.4. The molecule has 150 valence electrons. The van der Waals surface area contributed by atoms with Gasteiger partial charge in [-0.1, -0.05) is 0 Å². The number of benzene rings is 1. The predicted octanol–water partition coefficient (Wildman–Crippen LogP) is 2.10. The topological polar surface area (TPSA) is 116 Å². The van der Waals surface area contributed by atoms with Gasteiger partial charge in [0.15, 0.2) is 6.61 Å². The van der Waals surface area contributed by atoms with Crippen LogP contribution in [0.5, 0.6) is 0 Å². The average Bonchev–Trinajstić information content (AvgIpc) is 2.70. The van der Waals surface area contributed by atoms with Crippen LogP contribution in [-0.4, -0.2) is 53.5 Å². The van der Waals surface area contributed by atoms with E-state index in [4.69, 9.17) is 9.47 Å². The second-order valence-electron chi connectivity index (χ2n) is 6.14. The number of ether oxygens (including phenoxy) is 2. The third kappa shape index (κ3) is 5.90. The van der Waals surface area contributed by atoms with Crippen LogP contribution in [0.3, 0.4) is 0 Å². The number of esters is 2. The smallest absolute Gasteiger partial charge is 0.331 e. The summed E-state index contributed by atoms with van der Waals surface area (Å²) in [6.45, 7) is 1.88. The zero-order chi connectivity index (χ0) is 20.5. The molecule has 0 N–H and O–H groups in total. The summed E-state index contributed by atoms with van der Waals surface area (Å²) in [5, 5.41) is 10.6. The van der Waals surface area contributed by atoms with Gasteiger partial charge in [0, 0.05) is 24.8 Å². The van der Waals surface area contributed by atoms with Crippen molar-refractivity contribution >= 4 is 29.6 Å². The van der Waals surface area contributed by atoms with Gasteiger partial charge in [0.1, 0.15) is 6.04 Å². The molecular formula is C19H22N2O7. The van der Waals surface area contributed by atoms with Crippen LogP contribution in [0.2, 0.25) is 0 Å². The number of carbonyl (C=O) groups is 3. The van der Waals surface area contributed by atoms with E-state index < -0.39 is 35.4 Å². The van der Waals surface area contributed by atoms with Crippen molar-refractivity contribution in [3.63, 3.8) is 0 Å². The predicted molar refractivity (Wildman–Crippen MR) is 99.1 cm³/mol. The normalized spacial score (nSPS) is 16.6. The molecule has 0 radical (unpaired) electrons. The van der Waals surface area contributed by atoms with Crippen molar-refractivity contribution in [1.82, 2.24) is 4.90 Å². The molecule has 0 bridgehead atoms. The largest absolute Gasteiger partial charge is 0.464 e. The molecular weight excluding hydrogens is 368 g/mol. The van der Waals surface area contributed by atoms with Gasteiger partial charge in [-0.15, -0.1) is 0 Å². The van der Waals surface area contributed by atoms with Crippen LogP contribution >= 0.6 is 0 Å². The van der Waals surface area contributed by atoms with E-state index in [1.807, 2.05) is 0 Å². The molecule has 0 spiro atoms. The second kappa shape index (κ2) is 10.2. The maximum Gasteiger partial charge on any atom is 0.331 e. The summed E-state index contributed by atoms with van der Waals surface area (Å²) < 4.78 is 9.96. The number of nitro groups is 1. The summed E-state index contributed by atoms with van der Waals surface area (Å²) in [6.07, 6.45) is 4.69. The monoisotopic (exact) mass is 390 g/mol. The molecule has 1 fully saturated rings. The van der Waals surface area contributed by atoms with E-state index in [1.54, 1.807) is 6.92 Å². The summed E-state index contributed by atoms with van der Waals surface area (Å²) >= 11 is 0. The fourth-order valence-corrected chi connectivity index (χ4v) is 2.85. The van der Waals surface area contributed by atoms with Crippen LogP contribution in [0.4, 0.5) is 5.69 Å². The molecule has 28 heavy (non-hydrogen) atoms. The van der Waals surface area contributed by atoms with E-state index >= 15 is 0 Å². The van der Waals surface area contributed by atoms with Gasteiger partial charge < -0.3 is 14.4 Å². The maximum atomic E-state index is 12.4. The van der Waals surface area contributed by atoms with Crippen LogP contribution < -0.4 is 0 Å². The highest BCUT2D eigenvalue weighted by molar-refractivity contribution is 5.90. The Kier molecular flexibility index (Phi) is 7.67. The van der Waals surface area contributed by atoms with Gasteiger partial charge in [-0.05, 0) is 50.0 Å². The lowest BCUT2D eigenvalue weighted by Gasteiger charge is -2.33. The van der Waals surface area contributed by atoms with E-state index in [0.29, 0.717) is 18.5 Å². The molecule has 1 saturated heterocycles. The zero-order valence-corrected chi connectivity index (χ0v) is 15.5. The van der Waals surface area contributed by atoms with Gasteiger partial charge in [-0.2, -0.15) is 0 Å². The first-order chi connectivity index (χ1) is 13.4. The van der Waals surface area contributed by atoms with Gasteiger partial charge in [0.25, 0.3) is 11.6 Å². The van der Waals surface area contributed by atoms with E-state index in [0.717, 1.165) is 18.9 Å². The number of amides is 1. The summed E-state index contributed by atoms with van der Waals surface area (Å²) in [5.41, 5.74) is 0.523. The van der Waals surface area contributed by atoms with Crippen LogP contribution in [0.15, 0.2) is 30.3 Å². The van der Waals surface area contributed by atoms with Crippen LogP contribution in [-0.2, 0) is 23.9 Å². The quantitative estimate of drug-likeness (QED) is 0.303. The molecule has 1 heterocycles. The number of piperidine rings is 1. The summed E-state index contributed by atoms with van der Waals surface area (Å²) in [7, 11) is 0. The van der Waals surface area contributed by atoms with Crippen molar-refractivity contribution in [3.05, 3.63) is 46.0 Å². The summed E-state index contributed by atoms with van der Waals surface area (Å²) in [5.74, 6) is -1.62. The lowest BCUT2D eigenvalue weighted by molar-refractivity contribution is -0.384. The highest BCUT2D eigenvalue weighted by Gasteiger charge is 2.33. The lowest BCUT2D eigenvalue weighted by Crippen LogP contribution is -2.50. The number of rotatable bonds is 7. The molecule has 0 unspecified atom stereocenters. The Balaban J connectivity index is 1.87. The van der Waals surface area contributed by atoms with Gasteiger partial charge in [-0.25, -0.2) is 9.59 Å². The van der Waals surface area contributed by atoms with Crippen molar-refractivity contribution in [2.45, 2.75) is 32.2 Å². The fourth-order valence-electron chi connectivity index (χ4n) is 2.85. The minimum Gasteiger partial charge on any atom is -0.464 e. The van der Waals surface area contributed by atoms with Gasteiger partial charge in [0.05, 0.1) is 11.5 Å². The molecule has 0 aromatic heterocycles. The first kappa shape index (κ1) is 21.1. The first-order valence-electron chi connectivity index (χ1n) is 8.97. The lowest BCUT2D eigenvalue weighted by atomic mass is 10.0. The number of nitrogens with zero attached hydrogens (tertiary/aromatic N) is 2. The molecule has 1 aromatic rings. The molecule has 1 atom stereocenters. The zero-order valence-electron chi connectivity index (χ0n) is 15.5. The van der Waals surface area contributed by atoms with Crippen LogP contribution in [0.25, 0.3) is 6.08 Å². The molecule has 2 rings (SSSR count). The highest BCUT2D eigenvalue weighted by atomic mass is 16.6. The standard InChI is InChI=1S/C19H22N2O7/c1-2-27-19(24)16-5-3-4-12-20(16)17(22)13-28-18(23)11-8-14-6-9-15(10-7-14)21(25)26/h6-11,16H,2-5,12-13H2,1H3/b11-8+/t16-/m1/s1. The summed E-state index contributed by atoms with van der Waals surface area (Å²) in [6, 6.07) is 4.98. The van der Waals surface area contributed by atoms with Crippen LogP contribution in [0.1, 0.15) is 31.7 Å². The van der Waals surface area contributed by atoms with E-state index in [9.17, 15) is 24.5 Å². The van der Waals surface area contributed by atoms with Crippen molar-refractivity contribution in [2.75, 3.05) is 19.8 Å². The molecule has 1 aliphatic rings. The fraction of sp³-hybridized carbons (Fsp3) is 0.421. The number of likely N-dealkylation sites (tertiary alicyclic amines) is 1. The SMILES string of the molecule is CCOC(=O)[C@H]1CCCCN1C(=O)COC(=O)/C=C/c1ccc([N+](=O)[O-])cc1. The third-order valence-electron chi connectivity index (χ3n) is 4.24. The Morgan fingerprint density at radius 2 is 1.93 bits per heavy atom. The van der Waals surface area contributed by atoms with Crippen molar-refractivity contribution < 1.29 is 28.8 Å². The van der Waals surface area contributed by atoms with Crippen molar-refractivity contribution in [3.8, 4) is 0 Å². The second-order valence-corrected chi connectivity index (χ2v) is 6.14.